The predicted molar refractivity (Wildman–Crippen MR) is 71.0 cm³/mol. The standard InChI is InChI=1S/C13H13BrO4/c1-2-18-13(17)10(8-12(15)16)6-9-4-3-5-11(14)7-9/h3-7H,2,8H2,1H3,(H,15,16)/b10-6+. The molecule has 0 atom stereocenters. The minimum atomic E-state index is -1.07. The van der Waals surface area contributed by atoms with Gasteiger partial charge in [0.05, 0.1) is 13.0 Å². The third-order valence-corrected chi connectivity index (χ3v) is 2.56. The van der Waals surface area contributed by atoms with Gasteiger partial charge >= 0.3 is 11.9 Å². The summed E-state index contributed by atoms with van der Waals surface area (Å²) in [4.78, 5) is 22.3. The first-order chi connectivity index (χ1) is 8.52. The van der Waals surface area contributed by atoms with Crippen LogP contribution in [0.2, 0.25) is 0 Å². The largest absolute Gasteiger partial charge is 0.481 e. The van der Waals surface area contributed by atoms with Crippen molar-refractivity contribution >= 4 is 33.9 Å². The first-order valence-electron chi connectivity index (χ1n) is 5.38. The molecule has 0 heterocycles. The number of carboxylic acid groups (broad SMARTS) is 1. The van der Waals surface area contributed by atoms with Gasteiger partial charge in [0, 0.05) is 10.0 Å². The Morgan fingerprint density at radius 2 is 2.17 bits per heavy atom. The van der Waals surface area contributed by atoms with Gasteiger partial charge in [-0.25, -0.2) is 4.79 Å². The number of ether oxygens (including phenoxy) is 1. The number of rotatable bonds is 5. The normalized spacial score (nSPS) is 11.1. The van der Waals surface area contributed by atoms with Crippen molar-refractivity contribution in [2.45, 2.75) is 13.3 Å². The summed E-state index contributed by atoms with van der Waals surface area (Å²) < 4.78 is 5.68. The number of carbonyl (C=O) groups is 2. The summed E-state index contributed by atoms with van der Waals surface area (Å²) in [5.41, 5.74) is 0.871. The van der Waals surface area contributed by atoms with Crippen LogP contribution in [0, 0.1) is 0 Å². The van der Waals surface area contributed by atoms with E-state index in [0.717, 1.165) is 10.0 Å². The molecule has 0 aliphatic heterocycles. The van der Waals surface area contributed by atoms with Crippen molar-refractivity contribution in [3.63, 3.8) is 0 Å². The Labute approximate surface area is 113 Å². The molecule has 0 saturated heterocycles. The Morgan fingerprint density at radius 3 is 2.72 bits per heavy atom. The number of halogens is 1. The van der Waals surface area contributed by atoms with E-state index < -0.39 is 11.9 Å². The Hall–Kier alpha value is -1.62. The van der Waals surface area contributed by atoms with E-state index >= 15 is 0 Å². The predicted octanol–water partition coefficient (Wildman–Crippen LogP) is 2.87. The second-order valence-electron chi connectivity index (χ2n) is 3.52. The molecule has 0 spiro atoms. The van der Waals surface area contributed by atoms with Crippen molar-refractivity contribution in [1.29, 1.82) is 0 Å². The van der Waals surface area contributed by atoms with Crippen LogP contribution in [0.3, 0.4) is 0 Å². The number of benzene rings is 1. The van der Waals surface area contributed by atoms with Crippen LogP contribution in [0.25, 0.3) is 6.08 Å². The van der Waals surface area contributed by atoms with E-state index in [-0.39, 0.29) is 18.6 Å². The molecular weight excluding hydrogens is 300 g/mol. The monoisotopic (exact) mass is 312 g/mol. The van der Waals surface area contributed by atoms with Crippen LogP contribution in [-0.2, 0) is 14.3 Å². The maximum absolute atomic E-state index is 11.6. The summed E-state index contributed by atoms with van der Waals surface area (Å²) in [5.74, 6) is -1.66. The Bertz CT molecular complexity index is 480. The molecule has 18 heavy (non-hydrogen) atoms. The van der Waals surface area contributed by atoms with Crippen LogP contribution in [0.1, 0.15) is 18.9 Å². The fourth-order valence-corrected chi connectivity index (χ4v) is 1.78. The van der Waals surface area contributed by atoms with Gasteiger partial charge in [0.15, 0.2) is 0 Å². The van der Waals surface area contributed by atoms with Crippen LogP contribution < -0.4 is 0 Å². The lowest BCUT2D eigenvalue weighted by molar-refractivity contribution is -0.142. The fraction of sp³-hybridized carbons (Fsp3) is 0.231. The Morgan fingerprint density at radius 1 is 1.44 bits per heavy atom. The van der Waals surface area contributed by atoms with Gasteiger partial charge in [0.1, 0.15) is 0 Å². The van der Waals surface area contributed by atoms with Gasteiger partial charge in [-0.05, 0) is 30.7 Å². The van der Waals surface area contributed by atoms with Crippen LogP contribution >= 0.6 is 15.9 Å². The van der Waals surface area contributed by atoms with Crippen molar-refractivity contribution in [2.75, 3.05) is 6.61 Å². The second-order valence-corrected chi connectivity index (χ2v) is 4.43. The molecule has 4 nitrogen and oxygen atoms in total. The van der Waals surface area contributed by atoms with Gasteiger partial charge in [-0.15, -0.1) is 0 Å². The summed E-state index contributed by atoms with van der Waals surface area (Å²) in [7, 11) is 0. The summed E-state index contributed by atoms with van der Waals surface area (Å²) in [5, 5.41) is 8.78. The highest BCUT2D eigenvalue weighted by atomic mass is 79.9. The lowest BCUT2D eigenvalue weighted by atomic mass is 10.1. The quantitative estimate of drug-likeness (QED) is 0.670. The summed E-state index contributed by atoms with van der Waals surface area (Å²) in [6, 6.07) is 7.23. The molecule has 0 saturated carbocycles. The molecule has 0 fully saturated rings. The number of carboxylic acids is 1. The highest BCUT2D eigenvalue weighted by molar-refractivity contribution is 9.10. The molecule has 5 heteroatoms. The van der Waals surface area contributed by atoms with Gasteiger partial charge < -0.3 is 9.84 Å². The molecule has 96 valence electrons. The number of carbonyl (C=O) groups excluding carboxylic acids is 1. The molecule has 1 N–H and O–H groups in total. The topological polar surface area (TPSA) is 63.6 Å². The Balaban J connectivity index is 3.01. The highest BCUT2D eigenvalue weighted by Gasteiger charge is 2.14. The fourth-order valence-electron chi connectivity index (χ4n) is 1.37. The number of esters is 1. The lowest BCUT2D eigenvalue weighted by Crippen LogP contribution is -2.11. The zero-order valence-corrected chi connectivity index (χ0v) is 11.4. The zero-order chi connectivity index (χ0) is 13.5. The third kappa shape index (κ3) is 4.71. The van der Waals surface area contributed by atoms with Crippen LogP contribution in [-0.4, -0.2) is 23.7 Å². The summed E-state index contributed by atoms with van der Waals surface area (Å²) >= 11 is 3.31. The number of hydrogen-bond donors (Lipinski definition) is 1. The maximum atomic E-state index is 11.6. The average molecular weight is 313 g/mol. The molecule has 0 aromatic heterocycles. The van der Waals surface area contributed by atoms with Crippen LogP contribution in [0.5, 0.6) is 0 Å². The van der Waals surface area contributed by atoms with E-state index in [4.69, 9.17) is 9.84 Å². The van der Waals surface area contributed by atoms with Crippen molar-refractivity contribution < 1.29 is 19.4 Å². The molecule has 0 aliphatic carbocycles. The van der Waals surface area contributed by atoms with Gasteiger partial charge in [-0.3, -0.25) is 4.79 Å². The molecular formula is C13H13BrO4. The van der Waals surface area contributed by atoms with Gasteiger partial charge in [-0.1, -0.05) is 28.1 Å². The van der Waals surface area contributed by atoms with Gasteiger partial charge in [0.25, 0.3) is 0 Å². The summed E-state index contributed by atoms with van der Waals surface area (Å²) in [6.07, 6.45) is 1.17. The van der Waals surface area contributed by atoms with Crippen molar-refractivity contribution in [2.24, 2.45) is 0 Å². The Kier molecular flexibility index (Phi) is 5.58. The van der Waals surface area contributed by atoms with Crippen molar-refractivity contribution in [3.05, 3.63) is 39.9 Å². The van der Waals surface area contributed by atoms with E-state index in [1.807, 2.05) is 6.07 Å². The number of aliphatic carboxylic acids is 1. The second kappa shape index (κ2) is 6.96. The van der Waals surface area contributed by atoms with E-state index in [0.29, 0.717) is 0 Å². The number of hydrogen-bond acceptors (Lipinski definition) is 3. The summed E-state index contributed by atoms with van der Waals surface area (Å²) in [6.45, 7) is 1.89. The average Bonchev–Trinajstić information content (AvgIpc) is 2.28. The van der Waals surface area contributed by atoms with E-state index in [9.17, 15) is 9.59 Å². The SMILES string of the molecule is CCOC(=O)/C(=C/c1cccc(Br)c1)CC(=O)O. The minimum Gasteiger partial charge on any atom is -0.481 e. The molecule has 1 aromatic rings. The van der Waals surface area contributed by atoms with Crippen molar-refractivity contribution in [1.82, 2.24) is 0 Å². The zero-order valence-electron chi connectivity index (χ0n) is 9.85. The highest BCUT2D eigenvalue weighted by Crippen LogP contribution is 2.16. The minimum absolute atomic E-state index is 0.127. The van der Waals surface area contributed by atoms with E-state index in [1.54, 1.807) is 25.1 Å². The maximum Gasteiger partial charge on any atom is 0.334 e. The molecule has 0 bridgehead atoms. The molecule has 0 radical (unpaired) electrons. The smallest absolute Gasteiger partial charge is 0.334 e. The first-order valence-corrected chi connectivity index (χ1v) is 6.17. The van der Waals surface area contributed by atoms with Crippen molar-refractivity contribution in [3.8, 4) is 0 Å². The van der Waals surface area contributed by atoms with E-state index in [1.165, 1.54) is 6.08 Å². The molecule has 0 unspecified atom stereocenters. The van der Waals surface area contributed by atoms with E-state index in [2.05, 4.69) is 15.9 Å². The first kappa shape index (κ1) is 14.4. The lowest BCUT2D eigenvalue weighted by Gasteiger charge is -2.05. The third-order valence-electron chi connectivity index (χ3n) is 2.07. The van der Waals surface area contributed by atoms with Crippen LogP contribution in [0.4, 0.5) is 0 Å². The molecule has 1 aromatic carbocycles. The van der Waals surface area contributed by atoms with Gasteiger partial charge in [0.2, 0.25) is 0 Å². The molecule has 0 aliphatic rings. The van der Waals surface area contributed by atoms with Crippen LogP contribution in [0.15, 0.2) is 34.3 Å². The molecule has 0 amide bonds. The van der Waals surface area contributed by atoms with Gasteiger partial charge in [-0.2, -0.15) is 0 Å². The molecule has 1 rings (SSSR count).